The lowest BCUT2D eigenvalue weighted by Crippen LogP contribution is -1.85. The number of benzene rings is 2. The molecule has 4 rings (SSSR count). The van der Waals surface area contributed by atoms with Crippen molar-refractivity contribution < 1.29 is 0 Å². The lowest BCUT2D eigenvalue weighted by Gasteiger charge is -2.09. The van der Waals surface area contributed by atoms with Gasteiger partial charge in [-0.1, -0.05) is 36.4 Å². The summed E-state index contributed by atoms with van der Waals surface area (Å²) in [5, 5.41) is 4.78. The molecule has 0 aliphatic rings. The second-order valence-corrected chi connectivity index (χ2v) is 4.80. The summed E-state index contributed by atoms with van der Waals surface area (Å²) >= 11 is 0. The number of hydrogen-bond acceptors (Lipinski definition) is 2. The Kier molecular flexibility index (Phi) is 2.46. The Morgan fingerprint density at radius 2 is 1.05 bits per heavy atom. The molecule has 0 aliphatic carbocycles. The molecule has 0 unspecified atom stereocenters. The van der Waals surface area contributed by atoms with E-state index < -0.39 is 0 Å². The van der Waals surface area contributed by atoms with Crippen LogP contribution in [0.2, 0.25) is 0 Å². The van der Waals surface area contributed by atoms with Crippen LogP contribution in [0.3, 0.4) is 0 Å². The number of hydrogen-bond donors (Lipinski definition) is 0. The molecule has 0 radical (unpaired) electrons. The smallest absolute Gasteiger partial charge is 0.0346 e. The molecule has 0 saturated heterocycles. The summed E-state index contributed by atoms with van der Waals surface area (Å²) in [7, 11) is 0. The predicted molar refractivity (Wildman–Crippen MR) is 82.5 cm³/mol. The van der Waals surface area contributed by atoms with Gasteiger partial charge in [0.1, 0.15) is 0 Å². The molecular formula is C18H12N2. The topological polar surface area (TPSA) is 25.8 Å². The van der Waals surface area contributed by atoms with Gasteiger partial charge in [0.25, 0.3) is 0 Å². The van der Waals surface area contributed by atoms with Crippen LogP contribution >= 0.6 is 0 Å². The van der Waals surface area contributed by atoms with Crippen LogP contribution in [-0.4, -0.2) is 9.97 Å². The van der Waals surface area contributed by atoms with Gasteiger partial charge in [0.15, 0.2) is 0 Å². The van der Waals surface area contributed by atoms with Crippen LogP contribution in [0.5, 0.6) is 0 Å². The van der Waals surface area contributed by atoms with Gasteiger partial charge >= 0.3 is 0 Å². The first-order chi connectivity index (χ1) is 9.93. The van der Waals surface area contributed by atoms with Gasteiger partial charge in [-0.2, -0.15) is 0 Å². The number of fused-ring (bicyclic) bond motifs is 2. The summed E-state index contributed by atoms with van der Waals surface area (Å²) in [5.41, 5.74) is 2.48. The third-order valence-corrected chi connectivity index (χ3v) is 3.65. The van der Waals surface area contributed by atoms with Gasteiger partial charge in [0.05, 0.1) is 0 Å². The molecule has 2 aromatic carbocycles. The van der Waals surface area contributed by atoms with Crippen molar-refractivity contribution in [2.75, 3.05) is 0 Å². The van der Waals surface area contributed by atoms with E-state index >= 15 is 0 Å². The van der Waals surface area contributed by atoms with Crippen molar-refractivity contribution in [1.82, 2.24) is 9.97 Å². The largest absolute Gasteiger partial charge is 0.264 e. The zero-order chi connectivity index (χ0) is 13.4. The average molecular weight is 256 g/mol. The van der Waals surface area contributed by atoms with E-state index in [1.54, 1.807) is 0 Å². The fourth-order valence-corrected chi connectivity index (χ4v) is 2.71. The van der Waals surface area contributed by atoms with Gasteiger partial charge in [0.2, 0.25) is 0 Å². The van der Waals surface area contributed by atoms with Gasteiger partial charge in [0, 0.05) is 35.6 Å². The minimum Gasteiger partial charge on any atom is -0.264 e. The van der Waals surface area contributed by atoms with Crippen molar-refractivity contribution >= 4 is 21.5 Å². The molecule has 0 N–H and O–H groups in total. The lowest BCUT2D eigenvalue weighted by atomic mass is 9.95. The maximum Gasteiger partial charge on any atom is 0.0346 e. The molecule has 2 heteroatoms. The SMILES string of the molecule is c1cc(-c2cccc3cnccc23)c2ccncc2c1. The third-order valence-electron chi connectivity index (χ3n) is 3.65. The zero-order valence-corrected chi connectivity index (χ0v) is 10.8. The Bertz CT molecular complexity index is 825. The van der Waals surface area contributed by atoms with Crippen molar-refractivity contribution in [3.63, 3.8) is 0 Å². The van der Waals surface area contributed by atoms with E-state index in [0.717, 1.165) is 10.8 Å². The Balaban J connectivity index is 2.12. The standard InChI is InChI=1S/C18H12N2/c1-3-13-11-19-9-7-15(13)17(5-1)18-6-2-4-14-12-20-10-8-16(14)18/h1-12H. The highest BCUT2D eigenvalue weighted by Gasteiger charge is 2.07. The summed E-state index contributed by atoms with van der Waals surface area (Å²) in [5.74, 6) is 0. The van der Waals surface area contributed by atoms with Crippen LogP contribution in [-0.2, 0) is 0 Å². The number of rotatable bonds is 1. The molecule has 0 amide bonds. The Morgan fingerprint density at radius 1 is 0.550 bits per heavy atom. The van der Waals surface area contributed by atoms with E-state index in [9.17, 15) is 0 Å². The molecule has 20 heavy (non-hydrogen) atoms. The third kappa shape index (κ3) is 1.66. The normalized spacial score (nSPS) is 11.0. The number of aromatic nitrogens is 2. The van der Waals surface area contributed by atoms with Gasteiger partial charge in [-0.15, -0.1) is 0 Å². The molecule has 0 aliphatic heterocycles. The molecule has 0 saturated carbocycles. The fraction of sp³-hybridized carbons (Fsp3) is 0. The van der Waals surface area contributed by atoms with Crippen molar-refractivity contribution in [2.24, 2.45) is 0 Å². The van der Waals surface area contributed by atoms with Crippen molar-refractivity contribution in [2.45, 2.75) is 0 Å². The average Bonchev–Trinajstić information content (AvgIpc) is 2.54. The lowest BCUT2D eigenvalue weighted by molar-refractivity contribution is 1.36. The van der Waals surface area contributed by atoms with E-state index in [1.165, 1.54) is 21.9 Å². The van der Waals surface area contributed by atoms with Gasteiger partial charge in [-0.3, -0.25) is 9.97 Å². The van der Waals surface area contributed by atoms with Crippen molar-refractivity contribution in [3.8, 4) is 11.1 Å². The Labute approximate surface area is 116 Å². The first kappa shape index (κ1) is 11.1. The van der Waals surface area contributed by atoms with Gasteiger partial charge in [-0.25, -0.2) is 0 Å². The van der Waals surface area contributed by atoms with Crippen LogP contribution < -0.4 is 0 Å². The quantitative estimate of drug-likeness (QED) is 0.503. The molecule has 2 heterocycles. The maximum absolute atomic E-state index is 4.20. The molecule has 2 nitrogen and oxygen atoms in total. The first-order valence-corrected chi connectivity index (χ1v) is 6.59. The molecule has 0 fully saturated rings. The molecular weight excluding hydrogens is 244 g/mol. The highest BCUT2D eigenvalue weighted by Crippen LogP contribution is 2.32. The molecule has 94 valence electrons. The van der Waals surface area contributed by atoms with Crippen LogP contribution in [0.1, 0.15) is 0 Å². The van der Waals surface area contributed by atoms with E-state index in [4.69, 9.17) is 0 Å². The van der Waals surface area contributed by atoms with E-state index in [-0.39, 0.29) is 0 Å². The number of pyridine rings is 2. The van der Waals surface area contributed by atoms with E-state index in [0.29, 0.717) is 0 Å². The van der Waals surface area contributed by atoms with Gasteiger partial charge in [-0.05, 0) is 34.0 Å². The van der Waals surface area contributed by atoms with Crippen molar-refractivity contribution in [3.05, 3.63) is 73.3 Å². The fourth-order valence-electron chi connectivity index (χ4n) is 2.71. The predicted octanol–water partition coefficient (Wildman–Crippen LogP) is 4.45. The van der Waals surface area contributed by atoms with E-state index in [1.807, 2.05) is 24.8 Å². The first-order valence-electron chi connectivity index (χ1n) is 6.59. The summed E-state index contributed by atoms with van der Waals surface area (Å²) in [6, 6.07) is 16.8. The summed E-state index contributed by atoms with van der Waals surface area (Å²) < 4.78 is 0. The van der Waals surface area contributed by atoms with E-state index in [2.05, 4.69) is 58.5 Å². The Hall–Kier alpha value is -2.74. The Morgan fingerprint density at radius 3 is 1.55 bits per heavy atom. The molecule has 0 spiro atoms. The summed E-state index contributed by atoms with van der Waals surface area (Å²) in [6.45, 7) is 0. The molecule has 4 aromatic rings. The molecule has 2 aromatic heterocycles. The second kappa shape index (κ2) is 4.42. The second-order valence-electron chi connectivity index (χ2n) is 4.80. The monoisotopic (exact) mass is 256 g/mol. The van der Waals surface area contributed by atoms with Crippen LogP contribution in [0.25, 0.3) is 32.7 Å². The van der Waals surface area contributed by atoms with Crippen LogP contribution in [0.15, 0.2) is 73.3 Å². The summed E-state index contributed by atoms with van der Waals surface area (Å²) in [6.07, 6.45) is 7.51. The molecule has 0 atom stereocenters. The minimum atomic E-state index is 1.16. The highest BCUT2D eigenvalue weighted by atomic mass is 14.6. The minimum absolute atomic E-state index is 1.16. The van der Waals surface area contributed by atoms with Crippen LogP contribution in [0.4, 0.5) is 0 Å². The molecule has 0 bridgehead atoms. The van der Waals surface area contributed by atoms with Crippen LogP contribution in [0, 0.1) is 0 Å². The van der Waals surface area contributed by atoms with Gasteiger partial charge < -0.3 is 0 Å². The maximum atomic E-state index is 4.20. The summed E-state index contributed by atoms with van der Waals surface area (Å²) in [4.78, 5) is 8.40. The number of nitrogens with zero attached hydrogens (tertiary/aromatic N) is 2. The van der Waals surface area contributed by atoms with Crippen molar-refractivity contribution in [1.29, 1.82) is 0 Å². The highest BCUT2D eigenvalue weighted by molar-refractivity contribution is 6.04. The zero-order valence-electron chi connectivity index (χ0n) is 10.8.